The van der Waals surface area contributed by atoms with E-state index in [1.54, 1.807) is 91.1 Å². The second kappa shape index (κ2) is 45.5. The number of nitrogens with zero attached hydrogens (tertiary/aromatic N) is 10. The highest BCUT2D eigenvalue weighted by atomic mass is 35.5. The van der Waals surface area contributed by atoms with Gasteiger partial charge >= 0.3 is 24.9 Å². The van der Waals surface area contributed by atoms with Crippen LogP contribution in [0.15, 0.2) is 108 Å². The third kappa shape index (κ3) is 25.5. The number of halogens is 20. The summed E-state index contributed by atoms with van der Waals surface area (Å²) < 4.78 is 171. The average Bonchev–Trinajstić information content (AvgIpc) is 1.59. The Kier molecular flexibility index (Phi) is 34.9. The number of furan rings is 1. The summed E-state index contributed by atoms with van der Waals surface area (Å²) in [5, 5.41) is 10.7. The van der Waals surface area contributed by atoms with Crippen molar-refractivity contribution >= 4 is 195 Å². The summed E-state index contributed by atoms with van der Waals surface area (Å²) in [6.45, 7) is 19.4. The van der Waals surface area contributed by atoms with Gasteiger partial charge < -0.3 is 52.5 Å². The molecule has 7 aromatic carbocycles. The quantitative estimate of drug-likeness (QED) is 0.0538. The number of carbonyl (C=O) groups excluding carboxylic acids is 10. The maximum atomic E-state index is 13.6. The number of fused-ring (bicyclic) bond motifs is 4. The van der Waals surface area contributed by atoms with Crippen LogP contribution in [0.2, 0.25) is 40.3 Å². The Labute approximate surface area is 870 Å². The normalized spacial score (nSPS) is 14.9. The summed E-state index contributed by atoms with van der Waals surface area (Å²) >= 11 is 52.0. The lowest BCUT2D eigenvalue weighted by atomic mass is 9.91. The molecule has 0 unspecified atom stereocenters. The molecule has 4 aliphatic heterocycles. The van der Waals surface area contributed by atoms with Crippen molar-refractivity contribution in [3.8, 4) is 5.75 Å². The molecule has 0 aliphatic carbocycles. The molecule has 0 N–H and O–H groups in total. The highest BCUT2D eigenvalue weighted by Crippen LogP contribution is 2.45. The van der Waals surface area contributed by atoms with Gasteiger partial charge in [-0.15, -0.1) is 13.2 Å². The van der Waals surface area contributed by atoms with Crippen molar-refractivity contribution in [2.24, 2.45) is 30.7 Å². The SMILES string of the molecule is CC(=O)CC1CCN(C(=O)c2ccc(Cl)c(C(=O)n3nc(C)c4cc(C(F)(F)F)cc(C)c43)c2Cl)CC1.CC(=O)CC1CCN(C(=O)c2ccc(Cl)c(C(=O)n3nc4c(C)cc(C(F)(F)F)cc4c3C)c2Cl)CC1.CC(=O)CC1CCN(C(=O)c2ccc(Cl)c(Cc3coc4cc(C(F)(F)F)cc(C)c34)c2Cl)CC1.CC(=O)CC1CCN(C(=O)c2cnc(Cl)c(Cc3cn(C)c4cc(OC(F)(F)F)cc(C)c34)c2Cl)CC1. The zero-order chi connectivity index (χ0) is 107. The van der Waals surface area contributed by atoms with Crippen LogP contribution in [0.25, 0.3) is 43.7 Å². The van der Waals surface area contributed by atoms with Gasteiger partial charge in [-0.2, -0.15) is 59.1 Å². The van der Waals surface area contributed by atoms with E-state index in [0.29, 0.717) is 153 Å². The summed E-state index contributed by atoms with van der Waals surface area (Å²) in [7, 11) is 1.72. The number of likely N-dealkylation sites (tertiary alicyclic amines) is 4. The summed E-state index contributed by atoms with van der Waals surface area (Å²) in [5.74, 6) is -1.51. The Morgan fingerprint density at radius 3 is 1.23 bits per heavy atom. The first-order chi connectivity index (χ1) is 68.4. The molecule has 16 rings (SSSR count). The minimum atomic E-state index is -4.80. The van der Waals surface area contributed by atoms with Gasteiger partial charge in [0.15, 0.2) is 0 Å². The Bertz CT molecular complexity index is 7160. The molecule has 0 bridgehead atoms. The molecular weight excluding hydrogens is 2090 g/mol. The molecule has 0 spiro atoms. The summed E-state index contributed by atoms with van der Waals surface area (Å²) in [6, 6.07) is 17.4. The molecule has 776 valence electrons. The Balaban J connectivity index is 0.000000163. The molecule has 4 saturated heterocycles. The first kappa shape index (κ1) is 112. The predicted molar refractivity (Wildman–Crippen MR) is 533 cm³/mol. The standard InChI is InChI=1S/C26H26Cl2F3N3O3.2C26H24Cl2F3N3O3.C26H24Cl2F3NO3/c1-14-8-18(37-26(29,30)31)11-21-22(14)17(13-33(21)3)10-19-23(27)20(12-32-24(19)28)25(36)34-6-4-16(5-7-34)9-15(2)35;1-13-10-17(26(29,30)31)12-19-15(3)34(32-23(13)19)25(37)21-20(27)5-4-18(22(21)28)24(36)33-8-6-16(7-9-33)11-14(2)35;1-13-10-17(26(29,30)31)12-19-15(3)32-34(23(13)19)25(37)21-20(27)5-4-18(22(21)28)24(36)33-8-6-16(7-9-33)11-14(2)35;1-14-9-18(26(29,30)31)12-22-23(14)17(13-35-22)11-20-21(27)4-3-19(24(20)28)25(34)32-7-5-16(6-8-32)10-15(2)33/h8,11-13,16H,4-7,9-10H2,1-3H3;2*4-5,10,12,16H,6-9,11H2,1-3H3;3-4,9,12-13,16H,5-8,10-11H2,1-2H3. The van der Waals surface area contributed by atoms with Gasteiger partial charge in [-0.05, 0) is 257 Å². The van der Waals surface area contributed by atoms with Crippen LogP contribution < -0.4 is 4.74 Å². The van der Waals surface area contributed by atoms with Crippen molar-refractivity contribution in [2.45, 2.75) is 184 Å². The van der Waals surface area contributed by atoms with Crippen LogP contribution >= 0.6 is 92.8 Å². The van der Waals surface area contributed by atoms with E-state index in [9.17, 15) is 101 Å². The topological polar surface area (TPSA) is 259 Å². The van der Waals surface area contributed by atoms with E-state index in [-0.39, 0.29) is 202 Å². The number of aromatic nitrogens is 6. The molecule has 0 radical (unpaired) electrons. The Hall–Kier alpha value is -11.1. The first-order valence-corrected chi connectivity index (χ1v) is 49.5. The van der Waals surface area contributed by atoms with E-state index in [1.165, 1.54) is 76.6 Å². The summed E-state index contributed by atoms with van der Waals surface area (Å²) in [5.41, 5.74) is 3.32. The van der Waals surface area contributed by atoms with Crippen LogP contribution in [0, 0.1) is 65.2 Å². The van der Waals surface area contributed by atoms with Crippen molar-refractivity contribution in [1.29, 1.82) is 0 Å². The number of aryl methyl sites for hydroxylation is 7. The third-order valence-electron chi connectivity index (χ3n) is 26.7. The van der Waals surface area contributed by atoms with Crippen LogP contribution in [0.1, 0.15) is 239 Å². The highest BCUT2D eigenvalue weighted by molar-refractivity contribution is 6.43. The summed E-state index contributed by atoms with van der Waals surface area (Å²) in [6.07, 6.45) is -5.70. The number of ether oxygens (including phenoxy) is 1. The van der Waals surface area contributed by atoms with Gasteiger partial charge in [-0.25, -0.2) is 4.98 Å². The maximum absolute atomic E-state index is 13.6. The minimum absolute atomic E-state index is 0.0154. The molecule has 0 atom stereocenters. The molecule has 22 nitrogen and oxygen atoms in total. The van der Waals surface area contributed by atoms with E-state index in [0.717, 1.165) is 82.4 Å². The number of hydrogen-bond acceptors (Lipinski definition) is 15. The van der Waals surface area contributed by atoms with Crippen molar-refractivity contribution in [3.05, 3.63) is 250 Å². The molecule has 4 fully saturated rings. The number of Topliss-reactive ketones (excluding diaryl/α,β-unsaturated/α-hetero) is 4. The van der Waals surface area contributed by atoms with Crippen LogP contribution in [0.3, 0.4) is 0 Å². The van der Waals surface area contributed by atoms with E-state index in [2.05, 4.69) is 19.9 Å². The van der Waals surface area contributed by atoms with Gasteiger partial charge in [0.1, 0.15) is 39.6 Å². The lowest BCUT2D eigenvalue weighted by Gasteiger charge is -2.32. The number of alkyl halides is 12. The van der Waals surface area contributed by atoms with Crippen molar-refractivity contribution in [2.75, 3.05) is 52.4 Å². The van der Waals surface area contributed by atoms with Gasteiger partial charge in [0.25, 0.3) is 35.4 Å². The van der Waals surface area contributed by atoms with E-state index in [1.807, 2.05) is 0 Å². The van der Waals surface area contributed by atoms with Crippen molar-refractivity contribution in [1.82, 2.24) is 48.7 Å². The predicted octanol–water partition coefficient (Wildman–Crippen LogP) is 27.0. The molecule has 0 saturated carbocycles. The van der Waals surface area contributed by atoms with Crippen molar-refractivity contribution < 1.29 is 110 Å². The number of ketones is 4. The maximum Gasteiger partial charge on any atom is 0.573 e. The zero-order valence-corrected chi connectivity index (χ0v) is 86.7. The molecule has 5 aromatic heterocycles. The fourth-order valence-corrected chi connectivity index (χ4v) is 21.8. The van der Waals surface area contributed by atoms with Gasteiger partial charge in [-0.3, -0.25) is 28.8 Å². The van der Waals surface area contributed by atoms with Gasteiger partial charge in [0, 0.05) is 154 Å². The lowest BCUT2D eigenvalue weighted by Crippen LogP contribution is -2.39. The molecule has 4 amide bonds. The number of hydrogen-bond donors (Lipinski definition) is 0. The van der Waals surface area contributed by atoms with Crippen LogP contribution in [0.5, 0.6) is 5.75 Å². The first-order valence-electron chi connectivity index (χ1n) is 46.4. The van der Waals surface area contributed by atoms with Crippen molar-refractivity contribution in [3.63, 3.8) is 0 Å². The van der Waals surface area contributed by atoms with Crippen LogP contribution in [0.4, 0.5) is 52.7 Å². The van der Waals surface area contributed by atoms with Crippen LogP contribution in [-0.4, -0.2) is 166 Å². The van der Waals surface area contributed by atoms with Gasteiger partial charge in [-0.1, -0.05) is 92.8 Å². The largest absolute Gasteiger partial charge is 0.573 e. The Morgan fingerprint density at radius 2 is 0.795 bits per heavy atom. The number of carbonyl (C=O) groups is 10. The molecule has 42 heteroatoms. The zero-order valence-electron chi connectivity index (χ0n) is 80.6. The molecule has 9 heterocycles. The van der Waals surface area contributed by atoms with Gasteiger partial charge in [0.05, 0.1) is 114 Å². The smallest absolute Gasteiger partial charge is 0.464 e. The lowest BCUT2D eigenvalue weighted by molar-refractivity contribution is -0.274. The third-order valence-corrected chi connectivity index (χ3v) is 29.6. The number of rotatable bonds is 19. The average molecular weight is 2190 g/mol. The molecular formula is C104H98Cl8F12N10O12. The molecule has 4 aliphatic rings. The number of benzene rings is 7. The number of amides is 4. The van der Waals surface area contributed by atoms with E-state index < -0.39 is 53.4 Å². The fourth-order valence-electron chi connectivity index (χ4n) is 19.4. The number of piperidine rings is 4. The second-order valence-corrected chi connectivity index (χ2v) is 40.6. The van der Waals surface area contributed by atoms with Crippen LogP contribution in [-0.2, 0) is 57.6 Å². The van der Waals surface area contributed by atoms with E-state index >= 15 is 0 Å². The fraction of sp³-hybridized carbons (Fsp3) is 0.394. The second-order valence-electron chi connectivity index (χ2n) is 37.5. The van der Waals surface area contributed by atoms with Gasteiger partial charge in [0.2, 0.25) is 0 Å². The monoisotopic (exact) mass is 2190 g/mol. The van der Waals surface area contributed by atoms with E-state index in [4.69, 9.17) is 97.2 Å². The molecule has 146 heavy (non-hydrogen) atoms. The Morgan fingerprint density at radius 1 is 0.411 bits per heavy atom. The number of pyridine rings is 1. The highest BCUT2D eigenvalue weighted by Gasteiger charge is 2.41. The molecule has 12 aromatic rings. The minimum Gasteiger partial charge on any atom is -0.464 e. The summed E-state index contributed by atoms with van der Waals surface area (Å²) in [4.78, 5) is 137.